The molecule has 3 amide bonds. The van der Waals surface area contributed by atoms with Gasteiger partial charge >= 0.3 is 5.97 Å². The summed E-state index contributed by atoms with van der Waals surface area (Å²) >= 11 is 2.83. The zero-order valence-electron chi connectivity index (χ0n) is 19.0. The molecule has 2 aliphatic rings. The molecule has 2 aliphatic heterocycles. The number of benzene rings is 2. The third-order valence-corrected chi connectivity index (χ3v) is 7.17. The van der Waals surface area contributed by atoms with E-state index in [2.05, 4.69) is 0 Å². The number of hydrogen-bond acceptors (Lipinski definition) is 7. The summed E-state index contributed by atoms with van der Waals surface area (Å²) in [6.07, 6.45) is 3.45. The Labute approximate surface area is 220 Å². The molecule has 2 aromatic rings. The van der Waals surface area contributed by atoms with Crippen LogP contribution in [0.1, 0.15) is 35.7 Å². The van der Waals surface area contributed by atoms with Crippen LogP contribution in [-0.4, -0.2) is 59.1 Å². The maximum Gasteiger partial charge on any atom is 0.343 e. The first-order valence-electron chi connectivity index (χ1n) is 11.1. The lowest BCUT2D eigenvalue weighted by Crippen LogP contribution is -2.40. The van der Waals surface area contributed by atoms with Gasteiger partial charge in [-0.15, -0.1) is 0 Å². The second-order valence-corrected chi connectivity index (χ2v) is 10.0. The van der Waals surface area contributed by atoms with Crippen LogP contribution in [0.15, 0.2) is 47.4 Å². The first-order chi connectivity index (χ1) is 16.9. The predicted molar refractivity (Wildman–Crippen MR) is 140 cm³/mol. The highest BCUT2D eigenvalue weighted by atomic mass is 127. The SMILES string of the molecule is CCOc1cc(/C=C2\SC(=O)N(CC(=O)N3CCCC3)C2=O)cc(I)c1OC(=O)c1ccccc1. The fourth-order valence-corrected chi connectivity index (χ4v) is 5.32. The van der Waals surface area contributed by atoms with Crippen molar-refractivity contribution in [1.82, 2.24) is 9.80 Å². The van der Waals surface area contributed by atoms with Gasteiger partial charge in [0.1, 0.15) is 6.54 Å². The number of hydrogen-bond donors (Lipinski definition) is 0. The predicted octanol–water partition coefficient (Wildman–Crippen LogP) is 4.57. The Hall–Kier alpha value is -2.86. The van der Waals surface area contributed by atoms with Crippen LogP contribution >= 0.6 is 34.4 Å². The lowest BCUT2D eigenvalue weighted by Gasteiger charge is -2.18. The summed E-state index contributed by atoms with van der Waals surface area (Å²) in [5.74, 6) is -0.606. The third-order valence-electron chi connectivity index (χ3n) is 5.46. The van der Waals surface area contributed by atoms with Gasteiger partial charge in [-0.3, -0.25) is 19.3 Å². The molecular weight excluding hydrogens is 583 g/mol. The molecule has 2 heterocycles. The molecule has 0 aromatic heterocycles. The largest absolute Gasteiger partial charge is 0.490 e. The molecule has 4 rings (SSSR count). The van der Waals surface area contributed by atoms with E-state index in [4.69, 9.17) is 9.47 Å². The van der Waals surface area contributed by atoms with Gasteiger partial charge in [0.05, 0.1) is 20.6 Å². The number of rotatable bonds is 7. The van der Waals surface area contributed by atoms with Crippen molar-refractivity contribution in [3.63, 3.8) is 0 Å². The smallest absolute Gasteiger partial charge is 0.343 e. The molecule has 35 heavy (non-hydrogen) atoms. The van der Waals surface area contributed by atoms with Crippen LogP contribution in [0.2, 0.25) is 0 Å². The Morgan fingerprint density at radius 1 is 1.11 bits per heavy atom. The minimum absolute atomic E-state index is 0.219. The van der Waals surface area contributed by atoms with Crippen LogP contribution in [0.4, 0.5) is 4.79 Å². The number of likely N-dealkylation sites (tertiary alicyclic amines) is 1. The zero-order valence-corrected chi connectivity index (χ0v) is 22.0. The van der Waals surface area contributed by atoms with E-state index in [-0.39, 0.29) is 23.1 Å². The van der Waals surface area contributed by atoms with Crippen LogP contribution in [0, 0.1) is 3.57 Å². The molecule has 0 spiro atoms. The van der Waals surface area contributed by atoms with E-state index >= 15 is 0 Å². The fourth-order valence-electron chi connectivity index (χ4n) is 3.75. The van der Waals surface area contributed by atoms with Gasteiger partial charge in [-0.1, -0.05) is 18.2 Å². The number of esters is 1. The summed E-state index contributed by atoms with van der Waals surface area (Å²) < 4.78 is 11.9. The Balaban J connectivity index is 1.55. The molecule has 0 radical (unpaired) electrons. The van der Waals surface area contributed by atoms with E-state index in [0.29, 0.717) is 40.1 Å². The van der Waals surface area contributed by atoms with E-state index in [1.165, 1.54) is 0 Å². The maximum atomic E-state index is 12.9. The number of imide groups is 1. The van der Waals surface area contributed by atoms with Gasteiger partial charge in [-0.05, 0) is 90.0 Å². The van der Waals surface area contributed by atoms with Crippen molar-refractivity contribution >= 4 is 63.5 Å². The molecule has 2 saturated heterocycles. The minimum atomic E-state index is -0.513. The van der Waals surface area contributed by atoms with Crippen molar-refractivity contribution < 1.29 is 28.7 Å². The summed E-state index contributed by atoms with van der Waals surface area (Å²) in [4.78, 5) is 53.2. The zero-order chi connectivity index (χ0) is 24.9. The Morgan fingerprint density at radius 2 is 1.83 bits per heavy atom. The second-order valence-electron chi connectivity index (χ2n) is 7.87. The van der Waals surface area contributed by atoms with Gasteiger partial charge in [0.15, 0.2) is 11.5 Å². The monoisotopic (exact) mass is 606 g/mol. The van der Waals surface area contributed by atoms with Crippen molar-refractivity contribution in [2.24, 2.45) is 0 Å². The Bertz CT molecular complexity index is 1190. The van der Waals surface area contributed by atoms with Crippen molar-refractivity contribution in [2.75, 3.05) is 26.2 Å². The summed E-state index contributed by atoms with van der Waals surface area (Å²) in [7, 11) is 0. The number of carbonyl (C=O) groups is 4. The van der Waals surface area contributed by atoms with Crippen molar-refractivity contribution in [1.29, 1.82) is 0 Å². The highest BCUT2D eigenvalue weighted by Crippen LogP contribution is 2.38. The third kappa shape index (κ3) is 5.87. The molecule has 0 aliphatic carbocycles. The average Bonchev–Trinajstić information content (AvgIpc) is 3.47. The summed E-state index contributed by atoms with van der Waals surface area (Å²) in [6, 6.07) is 12.0. The topological polar surface area (TPSA) is 93.2 Å². The number of amides is 3. The highest BCUT2D eigenvalue weighted by Gasteiger charge is 2.37. The van der Waals surface area contributed by atoms with E-state index in [1.54, 1.807) is 47.4 Å². The summed E-state index contributed by atoms with van der Waals surface area (Å²) in [5, 5.41) is -0.470. The van der Waals surface area contributed by atoms with Crippen molar-refractivity contribution in [3.05, 3.63) is 62.1 Å². The van der Waals surface area contributed by atoms with Crippen molar-refractivity contribution in [2.45, 2.75) is 19.8 Å². The lowest BCUT2D eigenvalue weighted by atomic mass is 10.1. The first-order valence-corrected chi connectivity index (χ1v) is 13.0. The summed E-state index contributed by atoms with van der Waals surface area (Å²) in [5.41, 5.74) is 1.01. The highest BCUT2D eigenvalue weighted by molar-refractivity contribution is 14.1. The van der Waals surface area contributed by atoms with Crippen LogP contribution in [-0.2, 0) is 9.59 Å². The number of nitrogens with zero attached hydrogens (tertiary/aromatic N) is 2. The number of halogens is 1. The molecule has 8 nitrogen and oxygen atoms in total. The normalized spacial score (nSPS) is 16.8. The maximum absolute atomic E-state index is 12.9. The van der Waals surface area contributed by atoms with Gasteiger partial charge < -0.3 is 14.4 Å². The van der Waals surface area contributed by atoms with Crippen LogP contribution in [0.25, 0.3) is 6.08 Å². The van der Waals surface area contributed by atoms with Gasteiger partial charge in [0.2, 0.25) is 5.91 Å². The number of thioether (sulfide) groups is 1. The van der Waals surface area contributed by atoms with Crippen LogP contribution in [0.3, 0.4) is 0 Å². The molecule has 0 unspecified atom stereocenters. The number of ether oxygens (including phenoxy) is 2. The molecule has 0 saturated carbocycles. The Kier molecular flexibility index (Phi) is 8.11. The molecule has 0 atom stereocenters. The standard InChI is InChI=1S/C25H23IN2O6S/c1-2-33-19-13-16(12-18(26)22(19)34-24(31)17-8-4-3-5-9-17)14-20-23(30)28(25(32)35-20)15-21(29)27-10-6-7-11-27/h3-5,8-9,12-14H,2,6-7,10-11,15H2,1H3/b20-14-. The van der Waals surface area contributed by atoms with E-state index in [9.17, 15) is 19.2 Å². The molecule has 0 N–H and O–H groups in total. The van der Waals surface area contributed by atoms with Gasteiger partial charge in [0, 0.05) is 13.1 Å². The Morgan fingerprint density at radius 3 is 2.51 bits per heavy atom. The second kappa shape index (κ2) is 11.3. The lowest BCUT2D eigenvalue weighted by molar-refractivity contribution is -0.135. The van der Waals surface area contributed by atoms with Gasteiger partial charge in [0.25, 0.3) is 11.1 Å². The molecule has 2 aromatic carbocycles. The van der Waals surface area contributed by atoms with Gasteiger partial charge in [-0.25, -0.2) is 4.79 Å². The minimum Gasteiger partial charge on any atom is -0.490 e. The molecule has 10 heteroatoms. The molecular formula is C25H23IN2O6S. The summed E-state index contributed by atoms with van der Waals surface area (Å²) in [6.45, 7) is 3.21. The quantitative estimate of drug-likeness (QED) is 0.197. The van der Waals surface area contributed by atoms with E-state index in [0.717, 1.165) is 29.5 Å². The average molecular weight is 606 g/mol. The molecule has 0 bridgehead atoms. The van der Waals surface area contributed by atoms with Crippen molar-refractivity contribution in [3.8, 4) is 11.5 Å². The number of carbonyl (C=O) groups excluding carboxylic acids is 4. The molecule has 2 fully saturated rings. The molecule has 182 valence electrons. The van der Waals surface area contributed by atoms with Gasteiger partial charge in [-0.2, -0.15) is 0 Å². The first kappa shape index (κ1) is 25.2. The van der Waals surface area contributed by atoms with Crippen LogP contribution in [0.5, 0.6) is 11.5 Å². The van der Waals surface area contributed by atoms with E-state index < -0.39 is 17.1 Å². The van der Waals surface area contributed by atoms with E-state index in [1.807, 2.05) is 35.6 Å². The van der Waals surface area contributed by atoms with Crippen LogP contribution < -0.4 is 9.47 Å². The fraction of sp³-hybridized carbons (Fsp3) is 0.280.